The summed E-state index contributed by atoms with van der Waals surface area (Å²) in [4.78, 5) is 21.9. The number of hydrogen-bond donors (Lipinski definition) is 2. The van der Waals surface area contributed by atoms with Crippen molar-refractivity contribution in [3.05, 3.63) is 17.5 Å². The molecule has 5 nitrogen and oxygen atoms in total. The zero-order valence-electron chi connectivity index (χ0n) is 7.55. The molecule has 1 rings (SSSR count). The van der Waals surface area contributed by atoms with Crippen LogP contribution in [0.5, 0.6) is 0 Å². The number of ketones is 1. The average Bonchev–Trinajstić information content (AvgIpc) is 2.47. The number of nitrogens with one attached hydrogen (secondary N) is 2. The SMILES string of the molecule is CC(=O)CNC(=O)c1cn[nH]c1C. The molecule has 0 fully saturated rings. The Balaban J connectivity index is 2.59. The van der Waals surface area contributed by atoms with E-state index >= 15 is 0 Å². The van der Waals surface area contributed by atoms with E-state index in [0.717, 1.165) is 0 Å². The smallest absolute Gasteiger partial charge is 0.255 e. The number of carbonyl (C=O) groups is 2. The van der Waals surface area contributed by atoms with E-state index in [1.165, 1.54) is 13.1 Å². The maximum atomic E-state index is 11.3. The van der Waals surface area contributed by atoms with Crippen molar-refractivity contribution < 1.29 is 9.59 Å². The highest BCUT2D eigenvalue weighted by Gasteiger charge is 2.09. The number of rotatable bonds is 3. The molecular formula is C8H11N3O2. The number of H-pyrrole nitrogens is 1. The molecule has 1 heterocycles. The molecule has 5 heteroatoms. The molecule has 1 aromatic rings. The number of carbonyl (C=O) groups excluding carboxylic acids is 2. The monoisotopic (exact) mass is 181 g/mol. The summed E-state index contributed by atoms with van der Waals surface area (Å²) >= 11 is 0. The van der Waals surface area contributed by atoms with E-state index in [0.29, 0.717) is 11.3 Å². The molecule has 0 spiro atoms. The van der Waals surface area contributed by atoms with Gasteiger partial charge in [0.15, 0.2) is 0 Å². The second-order valence-electron chi connectivity index (χ2n) is 2.79. The Morgan fingerprint density at radius 3 is 2.77 bits per heavy atom. The molecule has 0 unspecified atom stereocenters. The maximum absolute atomic E-state index is 11.3. The molecule has 0 bridgehead atoms. The van der Waals surface area contributed by atoms with Gasteiger partial charge in [0, 0.05) is 5.69 Å². The van der Waals surface area contributed by atoms with Crippen molar-refractivity contribution in [1.82, 2.24) is 15.5 Å². The van der Waals surface area contributed by atoms with E-state index in [-0.39, 0.29) is 18.2 Å². The minimum Gasteiger partial charge on any atom is -0.345 e. The average molecular weight is 181 g/mol. The summed E-state index contributed by atoms with van der Waals surface area (Å²) in [5.41, 5.74) is 1.17. The first-order valence-electron chi connectivity index (χ1n) is 3.89. The van der Waals surface area contributed by atoms with E-state index in [9.17, 15) is 9.59 Å². The minimum absolute atomic E-state index is 0.0590. The van der Waals surface area contributed by atoms with E-state index < -0.39 is 0 Å². The van der Waals surface area contributed by atoms with Crippen LogP contribution in [0, 0.1) is 6.92 Å². The molecule has 1 aromatic heterocycles. The van der Waals surface area contributed by atoms with Gasteiger partial charge in [-0.25, -0.2) is 0 Å². The van der Waals surface area contributed by atoms with Gasteiger partial charge in [-0.3, -0.25) is 14.7 Å². The van der Waals surface area contributed by atoms with Crippen LogP contribution in [0.2, 0.25) is 0 Å². The van der Waals surface area contributed by atoms with Gasteiger partial charge >= 0.3 is 0 Å². The van der Waals surface area contributed by atoms with Gasteiger partial charge in [0.25, 0.3) is 5.91 Å². The fraction of sp³-hybridized carbons (Fsp3) is 0.375. The van der Waals surface area contributed by atoms with E-state index in [4.69, 9.17) is 0 Å². The van der Waals surface area contributed by atoms with Crippen LogP contribution in [0.1, 0.15) is 23.0 Å². The Hall–Kier alpha value is -1.65. The molecule has 0 radical (unpaired) electrons. The molecule has 0 aliphatic rings. The second-order valence-corrected chi connectivity index (χ2v) is 2.79. The highest BCUT2D eigenvalue weighted by atomic mass is 16.2. The van der Waals surface area contributed by atoms with Gasteiger partial charge in [0.1, 0.15) is 5.78 Å². The summed E-state index contributed by atoms with van der Waals surface area (Å²) in [6, 6.07) is 0. The Labute approximate surface area is 75.5 Å². The van der Waals surface area contributed by atoms with Crippen LogP contribution in [-0.4, -0.2) is 28.4 Å². The highest BCUT2D eigenvalue weighted by Crippen LogP contribution is 2.00. The van der Waals surface area contributed by atoms with Crippen LogP contribution in [0.3, 0.4) is 0 Å². The quantitative estimate of drug-likeness (QED) is 0.691. The van der Waals surface area contributed by atoms with Crippen LogP contribution in [0.25, 0.3) is 0 Å². The van der Waals surface area contributed by atoms with Crippen molar-refractivity contribution in [3.63, 3.8) is 0 Å². The Kier molecular flexibility index (Phi) is 2.79. The minimum atomic E-state index is -0.276. The van der Waals surface area contributed by atoms with Crippen molar-refractivity contribution in [1.29, 1.82) is 0 Å². The van der Waals surface area contributed by atoms with E-state index in [1.54, 1.807) is 6.92 Å². The van der Waals surface area contributed by atoms with Gasteiger partial charge in [-0.15, -0.1) is 0 Å². The van der Waals surface area contributed by atoms with Gasteiger partial charge in [-0.2, -0.15) is 5.10 Å². The second kappa shape index (κ2) is 3.84. The molecular weight excluding hydrogens is 170 g/mol. The molecule has 0 atom stereocenters. The first-order valence-corrected chi connectivity index (χ1v) is 3.89. The molecule has 0 aliphatic heterocycles. The van der Waals surface area contributed by atoms with Gasteiger partial charge in [0.2, 0.25) is 0 Å². The lowest BCUT2D eigenvalue weighted by atomic mass is 10.2. The zero-order chi connectivity index (χ0) is 9.84. The fourth-order valence-corrected chi connectivity index (χ4v) is 0.880. The molecule has 1 amide bonds. The van der Waals surface area contributed by atoms with Crippen LogP contribution in [0.15, 0.2) is 6.20 Å². The summed E-state index contributed by atoms with van der Waals surface area (Å²) in [6.07, 6.45) is 1.44. The maximum Gasteiger partial charge on any atom is 0.255 e. The topological polar surface area (TPSA) is 74.8 Å². The highest BCUT2D eigenvalue weighted by molar-refractivity contribution is 5.97. The Bertz CT molecular complexity index is 330. The fourth-order valence-electron chi connectivity index (χ4n) is 0.880. The number of aryl methyl sites for hydroxylation is 1. The molecule has 2 N–H and O–H groups in total. The third-order valence-electron chi connectivity index (χ3n) is 1.57. The third kappa shape index (κ3) is 2.40. The lowest BCUT2D eigenvalue weighted by Gasteiger charge is -2.00. The zero-order valence-corrected chi connectivity index (χ0v) is 7.55. The van der Waals surface area contributed by atoms with Gasteiger partial charge in [-0.1, -0.05) is 0 Å². The summed E-state index contributed by atoms with van der Waals surface area (Å²) < 4.78 is 0. The Morgan fingerprint density at radius 1 is 1.62 bits per heavy atom. The molecule has 13 heavy (non-hydrogen) atoms. The van der Waals surface area contributed by atoms with Gasteiger partial charge in [-0.05, 0) is 13.8 Å². The molecule has 0 saturated heterocycles. The number of hydrogen-bond acceptors (Lipinski definition) is 3. The summed E-state index contributed by atoms with van der Waals surface area (Å²) in [6.45, 7) is 3.22. The number of Topliss-reactive ketones (excluding diaryl/α,β-unsaturated/α-hetero) is 1. The lowest BCUT2D eigenvalue weighted by Crippen LogP contribution is -2.28. The third-order valence-corrected chi connectivity index (χ3v) is 1.57. The van der Waals surface area contributed by atoms with E-state index in [1.807, 2.05) is 0 Å². The normalized spacial score (nSPS) is 9.69. The summed E-state index contributed by atoms with van der Waals surface area (Å²) in [7, 11) is 0. The van der Waals surface area contributed by atoms with Crippen LogP contribution in [0.4, 0.5) is 0 Å². The number of aromatic nitrogens is 2. The largest absolute Gasteiger partial charge is 0.345 e. The van der Waals surface area contributed by atoms with Crippen molar-refractivity contribution in [2.45, 2.75) is 13.8 Å². The van der Waals surface area contributed by atoms with Crippen molar-refractivity contribution in [2.24, 2.45) is 0 Å². The predicted octanol–water partition coefficient (Wildman–Crippen LogP) is 0.0369. The molecule has 0 saturated carbocycles. The molecule has 0 aromatic carbocycles. The van der Waals surface area contributed by atoms with Crippen molar-refractivity contribution in [3.8, 4) is 0 Å². The summed E-state index contributed by atoms with van der Waals surface area (Å²) in [5.74, 6) is -0.351. The first-order chi connectivity index (χ1) is 6.11. The van der Waals surface area contributed by atoms with Gasteiger partial charge in [0.05, 0.1) is 18.3 Å². The first kappa shape index (κ1) is 9.44. The van der Waals surface area contributed by atoms with Crippen LogP contribution >= 0.6 is 0 Å². The van der Waals surface area contributed by atoms with Gasteiger partial charge < -0.3 is 5.32 Å². The standard InChI is InChI=1S/C8H11N3O2/c1-5(12)3-9-8(13)7-4-10-11-6(7)2/h4H,3H2,1-2H3,(H,9,13)(H,10,11). The van der Waals surface area contributed by atoms with E-state index in [2.05, 4.69) is 15.5 Å². The molecule has 70 valence electrons. The van der Waals surface area contributed by atoms with Crippen molar-refractivity contribution >= 4 is 11.7 Å². The number of amides is 1. The Morgan fingerprint density at radius 2 is 2.31 bits per heavy atom. The van der Waals surface area contributed by atoms with Crippen LogP contribution in [-0.2, 0) is 4.79 Å². The predicted molar refractivity (Wildman–Crippen MR) is 46.3 cm³/mol. The summed E-state index contributed by atoms with van der Waals surface area (Å²) in [5, 5.41) is 8.82. The lowest BCUT2D eigenvalue weighted by molar-refractivity contribution is -0.116. The van der Waals surface area contributed by atoms with Crippen LogP contribution < -0.4 is 5.32 Å². The number of nitrogens with zero attached hydrogens (tertiary/aromatic N) is 1. The number of aromatic amines is 1. The molecule has 0 aliphatic carbocycles. The van der Waals surface area contributed by atoms with Crippen molar-refractivity contribution in [2.75, 3.05) is 6.54 Å².